The summed E-state index contributed by atoms with van der Waals surface area (Å²) in [7, 11) is 0. The van der Waals surface area contributed by atoms with Crippen molar-refractivity contribution >= 4 is 17.7 Å². The third-order valence-electron chi connectivity index (χ3n) is 5.78. The van der Waals surface area contributed by atoms with Crippen LogP contribution in [0.2, 0.25) is 0 Å². The first-order chi connectivity index (χ1) is 12.8. The second-order valence-electron chi connectivity index (χ2n) is 7.47. The van der Waals surface area contributed by atoms with E-state index >= 15 is 0 Å². The van der Waals surface area contributed by atoms with Crippen LogP contribution in [-0.2, 0) is 10.2 Å². The van der Waals surface area contributed by atoms with Gasteiger partial charge >= 0.3 is 0 Å². The maximum atomic E-state index is 5.65. The van der Waals surface area contributed by atoms with E-state index in [4.69, 9.17) is 9.73 Å². The summed E-state index contributed by atoms with van der Waals surface area (Å²) in [6, 6.07) is 11.4. The largest absolute Gasteiger partial charge is 0.381 e. The summed E-state index contributed by atoms with van der Waals surface area (Å²) in [4.78, 5) is 5.03. The van der Waals surface area contributed by atoms with Crippen LogP contribution in [0.15, 0.2) is 35.3 Å². The fourth-order valence-electron chi connectivity index (χ4n) is 4.12. The van der Waals surface area contributed by atoms with E-state index in [9.17, 15) is 0 Å². The molecule has 2 atom stereocenters. The predicted molar refractivity (Wildman–Crippen MR) is 112 cm³/mol. The number of benzene rings is 1. The Labute approximate surface area is 162 Å². The van der Waals surface area contributed by atoms with Gasteiger partial charge in [-0.25, -0.2) is 0 Å². The van der Waals surface area contributed by atoms with Crippen molar-refractivity contribution in [2.75, 3.05) is 32.6 Å². The molecule has 3 rings (SSSR count). The third-order valence-corrected chi connectivity index (χ3v) is 6.87. The van der Waals surface area contributed by atoms with Crippen molar-refractivity contribution in [2.24, 2.45) is 4.99 Å². The van der Waals surface area contributed by atoms with E-state index in [1.165, 1.54) is 24.8 Å². The Balaban J connectivity index is 1.71. The fourth-order valence-corrected chi connectivity index (χ4v) is 4.92. The zero-order valence-corrected chi connectivity index (χ0v) is 17.0. The van der Waals surface area contributed by atoms with Crippen LogP contribution in [0.3, 0.4) is 0 Å². The van der Waals surface area contributed by atoms with Gasteiger partial charge in [0.05, 0.1) is 6.54 Å². The monoisotopic (exact) mass is 375 g/mol. The molecule has 2 aliphatic rings. The number of hydrogen-bond acceptors (Lipinski definition) is 3. The van der Waals surface area contributed by atoms with Crippen LogP contribution in [0.1, 0.15) is 44.6 Å². The summed E-state index contributed by atoms with van der Waals surface area (Å²) in [6.45, 7) is 5.50. The number of rotatable bonds is 6. The maximum Gasteiger partial charge on any atom is 0.191 e. The molecule has 1 aliphatic heterocycles. The molecule has 2 N–H and O–H groups in total. The van der Waals surface area contributed by atoms with Crippen LogP contribution in [0, 0.1) is 0 Å². The van der Waals surface area contributed by atoms with Gasteiger partial charge in [0.15, 0.2) is 5.96 Å². The zero-order valence-electron chi connectivity index (χ0n) is 16.2. The van der Waals surface area contributed by atoms with Crippen LogP contribution in [0.4, 0.5) is 0 Å². The average Bonchev–Trinajstić information content (AvgIpc) is 3.15. The number of nitrogens with zero attached hydrogens (tertiary/aromatic N) is 1. The van der Waals surface area contributed by atoms with Crippen LogP contribution in [0.5, 0.6) is 0 Å². The molecule has 144 valence electrons. The van der Waals surface area contributed by atoms with Gasteiger partial charge in [-0.05, 0) is 50.8 Å². The molecule has 1 aliphatic carbocycles. The van der Waals surface area contributed by atoms with Crippen molar-refractivity contribution in [3.05, 3.63) is 35.9 Å². The minimum atomic E-state index is 0.0966. The predicted octanol–water partition coefficient (Wildman–Crippen LogP) is 3.57. The Morgan fingerprint density at radius 1 is 1.23 bits per heavy atom. The van der Waals surface area contributed by atoms with Gasteiger partial charge in [-0.2, -0.15) is 11.8 Å². The SMILES string of the molecule is CCNC(=NCC1(c2ccccc2)CCOCC1)NC1CCC(SC)C1. The van der Waals surface area contributed by atoms with Crippen molar-refractivity contribution in [2.45, 2.75) is 55.7 Å². The van der Waals surface area contributed by atoms with Crippen LogP contribution in [-0.4, -0.2) is 49.8 Å². The molecule has 1 saturated carbocycles. The molecule has 26 heavy (non-hydrogen) atoms. The highest BCUT2D eigenvalue weighted by Crippen LogP contribution is 2.35. The van der Waals surface area contributed by atoms with Crippen molar-refractivity contribution in [1.82, 2.24) is 10.6 Å². The molecule has 0 aromatic heterocycles. The smallest absolute Gasteiger partial charge is 0.191 e. The Bertz CT molecular complexity index is 572. The van der Waals surface area contributed by atoms with Crippen molar-refractivity contribution in [3.63, 3.8) is 0 Å². The normalized spacial score (nSPS) is 25.8. The van der Waals surface area contributed by atoms with Gasteiger partial charge in [-0.15, -0.1) is 0 Å². The number of thioether (sulfide) groups is 1. The van der Waals surface area contributed by atoms with E-state index in [0.29, 0.717) is 6.04 Å². The molecule has 5 heteroatoms. The Morgan fingerprint density at radius 3 is 2.65 bits per heavy atom. The number of aliphatic imine (C=N–C) groups is 1. The van der Waals surface area contributed by atoms with Gasteiger partial charge in [-0.3, -0.25) is 4.99 Å². The van der Waals surface area contributed by atoms with Gasteiger partial charge < -0.3 is 15.4 Å². The standard InChI is InChI=1S/C21H33N3OS/c1-3-22-20(24-18-9-10-19(15-18)26-2)23-16-21(11-13-25-14-12-21)17-7-5-4-6-8-17/h4-8,18-19H,3,9-16H2,1-2H3,(H2,22,23,24). The third kappa shape index (κ3) is 4.95. The average molecular weight is 376 g/mol. The van der Waals surface area contributed by atoms with E-state index in [2.05, 4.69) is 54.1 Å². The first-order valence-electron chi connectivity index (χ1n) is 9.96. The molecule has 0 amide bonds. The minimum Gasteiger partial charge on any atom is -0.381 e. The summed E-state index contributed by atoms with van der Waals surface area (Å²) < 4.78 is 5.65. The highest BCUT2D eigenvalue weighted by atomic mass is 32.2. The lowest BCUT2D eigenvalue weighted by molar-refractivity contribution is 0.0531. The van der Waals surface area contributed by atoms with Gasteiger partial charge in [0.1, 0.15) is 0 Å². The fraction of sp³-hybridized carbons (Fsp3) is 0.667. The number of guanidine groups is 1. The molecule has 1 saturated heterocycles. The van der Waals surface area contributed by atoms with E-state index in [1.54, 1.807) is 0 Å². The topological polar surface area (TPSA) is 45.7 Å². The summed E-state index contributed by atoms with van der Waals surface area (Å²) in [6.07, 6.45) is 8.09. The van der Waals surface area contributed by atoms with Gasteiger partial charge in [0.25, 0.3) is 0 Å². The van der Waals surface area contributed by atoms with Crippen LogP contribution >= 0.6 is 11.8 Å². The molecular formula is C21H33N3OS. The molecule has 1 aromatic carbocycles. The quantitative estimate of drug-likeness (QED) is 0.589. The number of nitrogens with one attached hydrogen (secondary N) is 2. The zero-order chi connectivity index (χ0) is 18.2. The number of ether oxygens (including phenoxy) is 1. The van der Waals surface area contributed by atoms with Gasteiger partial charge in [-0.1, -0.05) is 30.3 Å². The summed E-state index contributed by atoms with van der Waals surface area (Å²) in [5.74, 6) is 0.973. The Hall–Kier alpha value is -1.20. The first kappa shape index (κ1) is 19.6. The van der Waals surface area contributed by atoms with E-state index in [-0.39, 0.29) is 5.41 Å². The van der Waals surface area contributed by atoms with E-state index in [1.807, 2.05) is 11.8 Å². The summed E-state index contributed by atoms with van der Waals surface area (Å²) in [5.41, 5.74) is 1.49. The van der Waals surface area contributed by atoms with Crippen molar-refractivity contribution < 1.29 is 4.74 Å². The molecule has 0 radical (unpaired) electrons. The molecular weight excluding hydrogens is 342 g/mol. The lowest BCUT2D eigenvalue weighted by Gasteiger charge is -2.36. The molecule has 1 aromatic rings. The number of hydrogen-bond donors (Lipinski definition) is 2. The lowest BCUT2D eigenvalue weighted by Crippen LogP contribution is -2.44. The molecule has 2 fully saturated rings. The second-order valence-corrected chi connectivity index (χ2v) is 8.60. The van der Waals surface area contributed by atoms with Gasteiger partial charge in [0.2, 0.25) is 0 Å². The highest BCUT2D eigenvalue weighted by molar-refractivity contribution is 7.99. The Kier molecular flexibility index (Phi) is 7.26. The lowest BCUT2D eigenvalue weighted by atomic mass is 9.74. The second kappa shape index (κ2) is 9.65. The minimum absolute atomic E-state index is 0.0966. The van der Waals surface area contributed by atoms with Crippen molar-refractivity contribution in [1.29, 1.82) is 0 Å². The first-order valence-corrected chi connectivity index (χ1v) is 11.3. The summed E-state index contributed by atoms with van der Waals surface area (Å²) >= 11 is 2.00. The highest BCUT2D eigenvalue weighted by Gasteiger charge is 2.34. The van der Waals surface area contributed by atoms with E-state index in [0.717, 1.165) is 50.4 Å². The maximum absolute atomic E-state index is 5.65. The molecule has 1 heterocycles. The van der Waals surface area contributed by atoms with Gasteiger partial charge in [0, 0.05) is 36.5 Å². The van der Waals surface area contributed by atoms with E-state index < -0.39 is 0 Å². The molecule has 0 bridgehead atoms. The molecule has 0 spiro atoms. The molecule has 4 nitrogen and oxygen atoms in total. The van der Waals surface area contributed by atoms with Crippen LogP contribution in [0.25, 0.3) is 0 Å². The molecule has 2 unspecified atom stereocenters. The Morgan fingerprint density at radius 2 is 2.00 bits per heavy atom. The van der Waals surface area contributed by atoms with Crippen molar-refractivity contribution in [3.8, 4) is 0 Å². The van der Waals surface area contributed by atoms with Crippen LogP contribution < -0.4 is 10.6 Å². The summed E-state index contributed by atoms with van der Waals surface area (Å²) in [5, 5.41) is 7.93.